The van der Waals surface area contributed by atoms with Gasteiger partial charge in [0.2, 0.25) is 0 Å². The SMILES string of the molecule is Cc1cccc(NC(=O)c2ccccc2P(c2ccccc2)c2ccccc2)c1-c1c(C)cccc1P(c1ccccc1)c1ccccc1. The predicted octanol–water partition coefficient (Wildman–Crippen LogP) is 8.74. The molecule has 0 spiro atoms. The van der Waals surface area contributed by atoms with Crippen LogP contribution >= 0.6 is 15.8 Å². The number of amides is 1. The number of aryl methyl sites for hydroxylation is 2. The fourth-order valence-electron chi connectivity index (χ4n) is 6.48. The molecule has 238 valence electrons. The molecule has 0 aliphatic heterocycles. The van der Waals surface area contributed by atoms with Gasteiger partial charge in [0.05, 0.1) is 0 Å². The van der Waals surface area contributed by atoms with Gasteiger partial charge in [0, 0.05) is 16.8 Å². The van der Waals surface area contributed by atoms with Gasteiger partial charge < -0.3 is 5.32 Å². The molecular formula is C45H37NOP2. The van der Waals surface area contributed by atoms with Gasteiger partial charge in [-0.3, -0.25) is 4.79 Å². The summed E-state index contributed by atoms with van der Waals surface area (Å²) in [6, 6.07) is 63.6. The molecule has 0 radical (unpaired) electrons. The van der Waals surface area contributed by atoms with Crippen molar-refractivity contribution in [3.8, 4) is 11.1 Å². The molecule has 0 saturated carbocycles. The number of rotatable bonds is 9. The molecular weight excluding hydrogens is 632 g/mol. The highest BCUT2D eigenvalue weighted by Crippen LogP contribution is 2.42. The molecule has 0 bridgehead atoms. The average Bonchev–Trinajstić information content (AvgIpc) is 3.15. The van der Waals surface area contributed by atoms with Crippen LogP contribution in [0.2, 0.25) is 0 Å². The van der Waals surface area contributed by atoms with E-state index >= 15 is 0 Å². The van der Waals surface area contributed by atoms with Crippen LogP contribution in [-0.4, -0.2) is 5.91 Å². The number of carbonyl (C=O) groups is 1. The van der Waals surface area contributed by atoms with Gasteiger partial charge in [0.15, 0.2) is 0 Å². The standard InChI is InChI=1S/C45H37NOP2/c1-33-19-17-30-40(43(33)44-34(2)20-18-32-42(44)49(37-25-11-5-12-26-37)38-27-13-6-14-28-38)46-45(47)39-29-15-16-31-41(39)48(35-21-7-3-8-22-35)36-23-9-4-10-24-36/h3-32H,1-2H3,(H,46,47). The minimum Gasteiger partial charge on any atom is -0.321 e. The quantitative estimate of drug-likeness (QED) is 0.153. The van der Waals surface area contributed by atoms with Gasteiger partial charge in [-0.05, 0) is 90.3 Å². The molecule has 7 aromatic carbocycles. The maximum Gasteiger partial charge on any atom is 0.256 e. The summed E-state index contributed by atoms with van der Waals surface area (Å²) in [7, 11) is -1.83. The Labute approximate surface area is 292 Å². The summed E-state index contributed by atoms with van der Waals surface area (Å²) in [5.74, 6) is -0.106. The Morgan fingerprint density at radius 2 is 0.796 bits per heavy atom. The Morgan fingerprint density at radius 3 is 1.31 bits per heavy atom. The van der Waals surface area contributed by atoms with Crippen molar-refractivity contribution >= 4 is 59.3 Å². The van der Waals surface area contributed by atoms with E-state index in [2.05, 4.69) is 159 Å². The van der Waals surface area contributed by atoms with Crippen LogP contribution in [-0.2, 0) is 0 Å². The van der Waals surface area contributed by atoms with Crippen molar-refractivity contribution in [2.24, 2.45) is 0 Å². The van der Waals surface area contributed by atoms with Crippen molar-refractivity contribution in [1.29, 1.82) is 0 Å². The molecule has 0 heterocycles. The van der Waals surface area contributed by atoms with Crippen LogP contribution in [0.3, 0.4) is 0 Å². The molecule has 7 aromatic rings. The summed E-state index contributed by atoms with van der Waals surface area (Å²) in [5.41, 5.74) is 6.05. The Balaban J connectivity index is 1.35. The molecule has 7 rings (SSSR count). The molecule has 1 amide bonds. The minimum absolute atomic E-state index is 0.106. The first-order valence-corrected chi connectivity index (χ1v) is 19.2. The average molecular weight is 670 g/mol. The summed E-state index contributed by atoms with van der Waals surface area (Å²) in [6.07, 6.45) is 0. The molecule has 0 unspecified atom stereocenters. The number of nitrogens with one attached hydrogen (secondary N) is 1. The summed E-state index contributed by atoms with van der Waals surface area (Å²) >= 11 is 0. The lowest BCUT2D eigenvalue weighted by Gasteiger charge is -2.26. The molecule has 4 heteroatoms. The highest BCUT2D eigenvalue weighted by molar-refractivity contribution is 7.80. The van der Waals surface area contributed by atoms with Crippen molar-refractivity contribution in [3.05, 3.63) is 199 Å². The first kappa shape index (κ1) is 32.4. The fourth-order valence-corrected chi connectivity index (χ4v) is 11.5. The van der Waals surface area contributed by atoms with Crippen LogP contribution in [0.25, 0.3) is 11.1 Å². The molecule has 0 atom stereocenters. The van der Waals surface area contributed by atoms with E-state index in [1.165, 1.54) is 37.6 Å². The molecule has 2 nitrogen and oxygen atoms in total. The lowest BCUT2D eigenvalue weighted by atomic mass is 9.94. The Morgan fingerprint density at radius 1 is 0.408 bits per heavy atom. The second kappa shape index (κ2) is 15.0. The maximum absolute atomic E-state index is 14.5. The lowest BCUT2D eigenvalue weighted by Crippen LogP contribution is -2.27. The highest BCUT2D eigenvalue weighted by atomic mass is 31.1. The topological polar surface area (TPSA) is 29.1 Å². The molecule has 0 aliphatic carbocycles. The molecule has 0 aromatic heterocycles. The molecule has 0 fully saturated rings. The number of anilines is 1. The van der Waals surface area contributed by atoms with Gasteiger partial charge in [0.1, 0.15) is 0 Å². The van der Waals surface area contributed by atoms with Crippen LogP contribution < -0.4 is 37.1 Å². The monoisotopic (exact) mass is 669 g/mol. The van der Waals surface area contributed by atoms with E-state index in [-0.39, 0.29) is 5.91 Å². The van der Waals surface area contributed by atoms with Gasteiger partial charge in [-0.25, -0.2) is 0 Å². The van der Waals surface area contributed by atoms with Gasteiger partial charge in [-0.2, -0.15) is 0 Å². The Hall–Kier alpha value is -5.13. The number of carbonyl (C=O) groups excluding carboxylic acids is 1. The van der Waals surface area contributed by atoms with Crippen LogP contribution in [0.5, 0.6) is 0 Å². The smallest absolute Gasteiger partial charge is 0.256 e. The van der Waals surface area contributed by atoms with Crippen LogP contribution in [0.1, 0.15) is 21.5 Å². The van der Waals surface area contributed by atoms with E-state index in [0.717, 1.165) is 22.1 Å². The van der Waals surface area contributed by atoms with Gasteiger partial charge in [-0.1, -0.05) is 170 Å². The predicted molar refractivity (Wildman–Crippen MR) is 213 cm³/mol. The van der Waals surface area contributed by atoms with E-state index in [4.69, 9.17) is 0 Å². The molecule has 0 saturated heterocycles. The fraction of sp³-hybridized carbons (Fsp3) is 0.0444. The van der Waals surface area contributed by atoms with E-state index < -0.39 is 15.8 Å². The third-order valence-electron chi connectivity index (χ3n) is 8.71. The Kier molecular flexibility index (Phi) is 9.90. The van der Waals surface area contributed by atoms with Crippen molar-refractivity contribution in [2.75, 3.05) is 5.32 Å². The van der Waals surface area contributed by atoms with Crippen molar-refractivity contribution in [1.82, 2.24) is 0 Å². The van der Waals surface area contributed by atoms with Gasteiger partial charge in [0.25, 0.3) is 5.91 Å². The first-order valence-electron chi connectivity index (χ1n) is 16.5. The minimum atomic E-state index is -0.960. The zero-order valence-electron chi connectivity index (χ0n) is 27.6. The van der Waals surface area contributed by atoms with E-state index in [1.54, 1.807) is 0 Å². The maximum atomic E-state index is 14.5. The number of hydrogen-bond donors (Lipinski definition) is 1. The Bertz CT molecular complexity index is 2110. The van der Waals surface area contributed by atoms with Gasteiger partial charge >= 0.3 is 0 Å². The van der Waals surface area contributed by atoms with Crippen LogP contribution in [0.4, 0.5) is 5.69 Å². The molecule has 49 heavy (non-hydrogen) atoms. The van der Waals surface area contributed by atoms with Crippen molar-refractivity contribution < 1.29 is 4.79 Å². The van der Waals surface area contributed by atoms with Crippen molar-refractivity contribution in [2.45, 2.75) is 13.8 Å². The van der Waals surface area contributed by atoms with Crippen molar-refractivity contribution in [3.63, 3.8) is 0 Å². The van der Waals surface area contributed by atoms with E-state index in [1.807, 2.05) is 42.5 Å². The largest absolute Gasteiger partial charge is 0.321 e. The number of benzene rings is 7. The third kappa shape index (κ3) is 6.90. The number of hydrogen-bond acceptors (Lipinski definition) is 1. The third-order valence-corrected chi connectivity index (χ3v) is 13.7. The van der Waals surface area contributed by atoms with E-state index in [9.17, 15) is 4.79 Å². The summed E-state index contributed by atoms with van der Waals surface area (Å²) in [4.78, 5) is 14.5. The van der Waals surface area contributed by atoms with Gasteiger partial charge in [-0.15, -0.1) is 0 Å². The summed E-state index contributed by atoms with van der Waals surface area (Å²) < 4.78 is 0. The zero-order chi connectivity index (χ0) is 33.6. The second-order valence-corrected chi connectivity index (χ2v) is 16.3. The summed E-state index contributed by atoms with van der Waals surface area (Å²) in [6.45, 7) is 4.33. The van der Waals surface area contributed by atoms with Crippen LogP contribution in [0, 0.1) is 13.8 Å². The molecule has 1 N–H and O–H groups in total. The highest BCUT2D eigenvalue weighted by Gasteiger charge is 2.26. The zero-order valence-corrected chi connectivity index (χ0v) is 29.4. The first-order chi connectivity index (χ1) is 24.1. The normalized spacial score (nSPS) is 11.1. The molecule has 0 aliphatic rings. The second-order valence-electron chi connectivity index (χ2n) is 12.0. The van der Waals surface area contributed by atoms with Crippen LogP contribution in [0.15, 0.2) is 182 Å². The van der Waals surface area contributed by atoms with E-state index in [0.29, 0.717) is 5.56 Å². The lowest BCUT2D eigenvalue weighted by molar-refractivity contribution is 0.102. The summed E-state index contributed by atoms with van der Waals surface area (Å²) in [5, 5.41) is 10.7.